The summed E-state index contributed by atoms with van der Waals surface area (Å²) in [6.07, 6.45) is 2.46. The van der Waals surface area contributed by atoms with E-state index < -0.39 is 0 Å². The van der Waals surface area contributed by atoms with Gasteiger partial charge in [0.1, 0.15) is 6.26 Å². The molecule has 0 bridgehead atoms. The predicted molar refractivity (Wildman–Crippen MR) is 123 cm³/mol. The van der Waals surface area contributed by atoms with E-state index in [0.29, 0.717) is 11.6 Å². The molecule has 0 fully saturated rings. The third-order valence-corrected chi connectivity index (χ3v) is 5.88. The van der Waals surface area contributed by atoms with Crippen LogP contribution in [0.3, 0.4) is 0 Å². The summed E-state index contributed by atoms with van der Waals surface area (Å²) in [7, 11) is 0. The van der Waals surface area contributed by atoms with Gasteiger partial charge in [-0.15, -0.1) is 11.3 Å². The Kier molecular flexibility index (Phi) is 5.29. The molecule has 5 aromatic rings. The first-order valence-corrected chi connectivity index (χ1v) is 10.8. The van der Waals surface area contributed by atoms with Gasteiger partial charge in [-0.3, -0.25) is 4.79 Å². The van der Waals surface area contributed by atoms with Crippen LogP contribution in [0.4, 0.5) is 5.69 Å². The summed E-state index contributed by atoms with van der Waals surface area (Å²) in [5.74, 6) is 0.384. The van der Waals surface area contributed by atoms with E-state index in [4.69, 9.17) is 4.42 Å². The van der Waals surface area contributed by atoms with Gasteiger partial charge in [0.25, 0.3) is 0 Å². The number of benzene rings is 3. The number of hydrogen-bond donors (Lipinski definition) is 1. The molecular weight excluding hydrogens is 406 g/mol. The highest BCUT2D eigenvalue weighted by atomic mass is 32.1. The van der Waals surface area contributed by atoms with Crippen LogP contribution >= 0.6 is 11.3 Å². The van der Waals surface area contributed by atoms with Crippen molar-refractivity contribution in [2.45, 2.75) is 12.8 Å². The zero-order chi connectivity index (χ0) is 21.0. The minimum atomic E-state index is -0.133. The first kappa shape index (κ1) is 19.2. The van der Waals surface area contributed by atoms with Crippen molar-refractivity contribution in [2.24, 2.45) is 0 Å². The normalized spacial score (nSPS) is 11.0. The highest BCUT2D eigenvalue weighted by molar-refractivity contribution is 7.18. The van der Waals surface area contributed by atoms with Crippen molar-refractivity contribution in [3.63, 3.8) is 0 Å². The maximum absolute atomic E-state index is 12.4. The van der Waals surface area contributed by atoms with Crippen molar-refractivity contribution < 1.29 is 9.21 Å². The third-order valence-electron chi connectivity index (χ3n) is 4.85. The van der Waals surface area contributed by atoms with Gasteiger partial charge in [-0.1, -0.05) is 42.5 Å². The fourth-order valence-electron chi connectivity index (χ4n) is 3.35. The largest absolute Gasteiger partial charge is 0.444 e. The summed E-state index contributed by atoms with van der Waals surface area (Å²) in [4.78, 5) is 21.5. The quantitative estimate of drug-likeness (QED) is 0.378. The standard InChI is InChI=1S/C25H19N3O2S/c29-23(15-20-16-30-25(27-20)18-6-2-1-3-7-18)26-19-12-10-17(11-13-19)14-24-28-21-8-4-5-9-22(21)31-24/h1-13,16H,14-15H2,(H,26,29). The number of carbonyl (C=O) groups excluding carboxylic acids is 1. The molecule has 2 heterocycles. The van der Waals surface area contributed by atoms with Crippen LogP contribution in [0.5, 0.6) is 0 Å². The topological polar surface area (TPSA) is 68.0 Å². The molecule has 5 rings (SSSR count). The lowest BCUT2D eigenvalue weighted by atomic mass is 10.1. The number of amides is 1. The monoisotopic (exact) mass is 425 g/mol. The van der Waals surface area contributed by atoms with E-state index in [9.17, 15) is 4.79 Å². The van der Waals surface area contributed by atoms with E-state index in [1.807, 2.05) is 72.8 Å². The molecule has 31 heavy (non-hydrogen) atoms. The fourth-order valence-corrected chi connectivity index (χ4v) is 4.35. The fraction of sp³-hybridized carbons (Fsp3) is 0.0800. The summed E-state index contributed by atoms with van der Waals surface area (Å²) in [5.41, 5.74) is 4.43. The Labute approximate surface area is 183 Å². The molecule has 0 aliphatic carbocycles. The van der Waals surface area contributed by atoms with Crippen LogP contribution in [0.2, 0.25) is 0 Å². The maximum Gasteiger partial charge on any atom is 0.230 e. The van der Waals surface area contributed by atoms with Gasteiger partial charge in [-0.2, -0.15) is 0 Å². The zero-order valence-electron chi connectivity index (χ0n) is 16.6. The van der Waals surface area contributed by atoms with Gasteiger partial charge >= 0.3 is 0 Å². The van der Waals surface area contributed by atoms with E-state index in [1.54, 1.807) is 11.3 Å². The molecule has 1 N–H and O–H groups in total. The van der Waals surface area contributed by atoms with Crippen LogP contribution in [0.25, 0.3) is 21.7 Å². The third kappa shape index (κ3) is 4.54. The number of aromatic nitrogens is 2. The van der Waals surface area contributed by atoms with Crippen LogP contribution in [0.1, 0.15) is 16.3 Å². The molecule has 0 saturated heterocycles. The smallest absolute Gasteiger partial charge is 0.230 e. The Hall–Kier alpha value is -3.77. The molecule has 6 heteroatoms. The van der Waals surface area contributed by atoms with E-state index >= 15 is 0 Å². The number of carbonyl (C=O) groups is 1. The molecule has 5 nitrogen and oxygen atoms in total. The van der Waals surface area contributed by atoms with Gasteiger partial charge in [-0.25, -0.2) is 9.97 Å². The average Bonchev–Trinajstić information content (AvgIpc) is 3.42. The number of nitrogens with one attached hydrogen (secondary N) is 1. The highest BCUT2D eigenvalue weighted by Gasteiger charge is 2.11. The number of anilines is 1. The molecule has 1 amide bonds. The first-order valence-electron chi connectivity index (χ1n) is 9.96. The van der Waals surface area contributed by atoms with Crippen LogP contribution < -0.4 is 5.32 Å². The Bertz CT molecular complexity index is 1290. The lowest BCUT2D eigenvalue weighted by Crippen LogP contribution is -2.14. The minimum absolute atomic E-state index is 0.133. The molecule has 0 aliphatic heterocycles. The second kappa shape index (κ2) is 8.53. The number of para-hydroxylation sites is 1. The average molecular weight is 426 g/mol. The molecular formula is C25H19N3O2S. The summed E-state index contributed by atoms with van der Waals surface area (Å²) in [6.45, 7) is 0. The molecule has 0 saturated carbocycles. The maximum atomic E-state index is 12.4. The summed E-state index contributed by atoms with van der Waals surface area (Å²) in [5, 5.41) is 4.00. The van der Waals surface area contributed by atoms with Gasteiger partial charge in [-0.05, 0) is 42.0 Å². The lowest BCUT2D eigenvalue weighted by Gasteiger charge is -2.05. The second-order valence-corrected chi connectivity index (χ2v) is 8.30. The van der Waals surface area contributed by atoms with Crippen LogP contribution in [-0.2, 0) is 17.6 Å². The molecule has 0 atom stereocenters. The van der Waals surface area contributed by atoms with Gasteiger partial charge in [0.05, 0.1) is 27.3 Å². The van der Waals surface area contributed by atoms with Gasteiger partial charge in [0.15, 0.2) is 0 Å². The Balaban J connectivity index is 1.19. The van der Waals surface area contributed by atoms with Crippen molar-refractivity contribution in [1.82, 2.24) is 9.97 Å². The van der Waals surface area contributed by atoms with Gasteiger partial charge in [0, 0.05) is 17.7 Å². The number of rotatable bonds is 6. The molecule has 0 unspecified atom stereocenters. The molecule has 2 aromatic heterocycles. The summed E-state index contributed by atoms with van der Waals surface area (Å²) in [6, 6.07) is 25.7. The van der Waals surface area contributed by atoms with Gasteiger partial charge in [0.2, 0.25) is 11.8 Å². The number of nitrogens with zero attached hydrogens (tertiary/aromatic N) is 2. The van der Waals surface area contributed by atoms with Crippen LogP contribution in [0.15, 0.2) is 89.5 Å². The molecule has 3 aromatic carbocycles. The number of oxazole rings is 1. The van der Waals surface area contributed by atoms with Crippen LogP contribution in [0, 0.1) is 0 Å². The predicted octanol–water partition coefficient (Wildman–Crippen LogP) is 5.72. The first-order chi connectivity index (χ1) is 15.2. The molecule has 0 radical (unpaired) electrons. The SMILES string of the molecule is O=C(Cc1coc(-c2ccccc2)n1)Nc1ccc(Cc2nc3ccccc3s2)cc1. The zero-order valence-corrected chi connectivity index (χ0v) is 17.4. The van der Waals surface area contributed by atoms with Crippen molar-refractivity contribution in [1.29, 1.82) is 0 Å². The summed E-state index contributed by atoms with van der Waals surface area (Å²) < 4.78 is 6.70. The second-order valence-electron chi connectivity index (χ2n) is 7.18. The molecule has 152 valence electrons. The van der Waals surface area contributed by atoms with E-state index in [-0.39, 0.29) is 12.3 Å². The summed E-state index contributed by atoms with van der Waals surface area (Å²) >= 11 is 1.71. The number of thiazole rings is 1. The number of hydrogen-bond acceptors (Lipinski definition) is 5. The number of fused-ring (bicyclic) bond motifs is 1. The Morgan fingerprint density at radius 1 is 0.903 bits per heavy atom. The van der Waals surface area contributed by atoms with Gasteiger partial charge < -0.3 is 9.73 Å². The van der Waals surface area contributed by atoms with Crippen molar-refractivity contribution >= 4 is 33.1 Å². The Morgan fingerprint density at radius 2 is 1.68 bits per heavy atom. The molecule has 0 aliphatic rings. The van der Waals surface area contributed by atoms with E-state index in [1.165, 1.54) is 11.0 Å². The Morgan fingerprint density at radius 3 is 2.48 bits per heavy atom. The van der Waals surface area contributed by atoms with E-state index in [0.717, 1.165) is 33.8 Å². The van der Waals surface area contributed by atoms with Crippen molar-refractivity contribution in [2.75, 3.05) is 5.32 Å². The van der Waals surface area contributed by atoms with E-state index in [2.05, 4.69) is 21.4 Å². The van der Waals surface area contributed by atoms with Crippen molar-refractivity contribution in [3.8, 4) is 11.5 Å². The highest BCUT2D eigenvalue weighted by Crippen LogP contribution is 2.24. The van der Waals surface area contributed by atoms with Crippen molar-refractivity contribution in [3.05, 3.63) is 101 Å². The van der Waals surface area contributed by atoms with Crippen LogP contribution in [-0.4, -0.2) is 15.9 Å². The lowest BCUT2D eigenvalue weighted by molar-refractivity contribution is -0.115. The minimum Gasteiger partial charge on any atom is -0.444 e. The molecule has 0 spiro atoms.